The summed E-state index contributed by atoms with van der Waals surface area (Å²) in [5, 5.41) is 8.69. The largest absolute Gasteiger partial charge is 0.381 e. The number of halogens is 1. The summed E-state index contributed by atoms with van der Waals surface area (Å²) in [5.74, 6) is -1.04. The van der Waals surface area contributed by atoms with Crippen molar-refractivity contribution in [3.8, 4) is 0 Å². The summed E-state index contributed by atoms with van der Waals surface area (Å²) in [6.45, 7) is 6.38. The van der Waals surface area contributed by atoms with Crippen LogP contribution in [0.25, 0.3) is 0 Å². The highest BCUT2D eigenvalue weighted by Crippen LogP contribution is 2.33. The Hall–Kier alpha value is -1.50. The third kappa shape index (κ3) is 3.77. The van der Waals surface area contributed by atoms with Gasteiger partial charge in [0.25, 0.3) is 5.91 Å². The van der Waals surface area contributed by atoms with E-state index >= 15 is 0 Å². The number of carbonyl (C=O) groups excluding carboxylic acids is 1. The van der Waals surface area contributed by atoms with E-state index in [1.165, 1.54) is 6.07 Å². The molecule has 2 N–H and O–H groups in total. The third-order valence-corrected chi connectivity index (χ3v) is 5.29. The molecule has 0 radical (unpaired) electrons. The minimum absolute atomic E-state index is 0.163. The fourth-order valence-electron chi connectivity index (χ4n) is 3.70. The molecule has 2 aliphatic heterocycles. The summed E-state index contributed by atoms with van der Waals surface area (Å²) in [7, 11) is 0. The molecule has 5 nitrogen and oxygen atoms in total. The zero-order valence-electron chi connectivity index (χ0n) is 14.1. The van der Waals surface area contributed by atoms with Gasteiger partial charge in [-0.15, -0.1) is 0 Å². The summed E-state index contributed by atoms with van der Waals surface area (Å²) >= 11 is 0. The number of hydrogen-bond acceptors (Lipinski definition) is 4. The second-order valence-electron chi connectivity index (χ2n) is 7.28. The topological polar surface area (TPSA) is 61.8 Å². The SMILES string of the molecule is CC1(CCCN2CCc3cc(C(=O)NO)cc(F)c3C2)CCOC1. The van der Waals surface area contributed by atoms with E-state index in [-0.39, 0.29) is 11.4 Å². The molecule has 1 saturated heterocycles. The molecule has 3 rings (SSSR count). The molecule has 6 heteroatoms. The highest BCUT2D eigenvalue weighted by Gasteiger charge is 2.29. The lowest BCUT2D eigenvalue weighted by Crippen LogP contribution is -2.33. The first kappa shape index (κ1) is 17.3. The van der Waals surface area contributed by atoms with Crippen molar-refractivity contribution in [1.29, 1.82) is 0 Å². The number of nitrogens with zero attached hydrogens (tertiary/aromatic N) is 1. The van der Waals surface area contributed by atoms with E-state index < -0.39 is 5.91 Å². The van der Waals surface area contributed by atoms with Gasteiger partial charge in [-0.05, 0) is 55.3 Å². The number of rotatable bonds is 5. The Kier molecular flexibility index (Phi) is 5.18. The Labute approximate surface area is 141 Å². The molecular weight excluding hydrogens is 311 g/mol. The molecule has 0 bridgehead atoms. The van der Waals surface area contributed by atoms with E-state index in [9.17, 15) is 9.18 Å². The molecule has 1 aromatic carbocycles. The first-order valence-electron chi connectivity index (χ1n) is 8.57. The molecule has 132 valence electrons. The maximum Gasteiger partial charge on any atom is 0.274 e. The minimum Gasteiger partial charge on any atom is -0.381 e. The molecule has 1 atom stereocenters. The van der Waals surface area contributed by atoms with Crippen molar-refractivity contribution in [1.82, 2.24) is 10.4 Å². The van der Waals surface area contributed by atoms with Gasteiger partial charge in [0.05, 0.1) is 6.61 Å². The first-order chi connectivity index (χ1) is 11.5. The predicted octanol–water partition coefficient (Wildman–Crippen LogP) is 2.51. The molecule has 1 amide bonds. The van der Waals surface area contributed by atoms with Gasteiger partial charge in [0.1, 0.15) is 5.82 Å². The Morgan fingerprint density at radius 2 is 2.33 bits per heavy atom. The van der Waals surface area contributed by atoms with Gasteiger partial charge in [0.2, 0.25) is 0 Å². The smallest absolute Gasteiger partial charge is 0.274 e. The normalized spacial score (nSPS) is 24.0. The summed E-state index contributed by atoms with van der Waals surface area (Å²) in [6, 6.07) is 2.88. The molecule has 0 saturated carbocycles. The molecular formula is C18H25FN2O3. The van der Waals surface area contributed by atoms with Crippen LogP contribution in [0.5, 0.6) is 0 Å². The lowest BCUT2D eigenvalue weighted by atomic mass is 9.85. The van der Waals surface area contributed by atoms with Gasteiger partial charge in [-0.25, -0.2) is 9.87 Å². The second-order valence-corrected chi connectivity index (χ2v) is 7.28. The minimum atomic E-state index is -0.675. The average Bonchev–Trinajstić information content (AvgIpc) is 3.01. The van der Waals surface area contributed by atoms with Crippen LogP contribution in [0.15, 0.2) is 12.1 Å². The Bertz CT molecular complexity index is 615. The van der Waals surface area contributed by atoms with Crippen LogP contribution in [0.4, 0.5) is 4.39 Å². The number of fused-ring (bicyclic) bond motifs is 1. The van der Waals surface area contributed by atoms with Gasteiger partial charge in [0.15, 0.2) is 0 Å². The fourth-order valence-corrected chi connectivity index (χ4v) is 3.70. The van der Waals surface area contributed by atoms with Crippen molar-refractivity contribution in [3.63, 3.8) is 0 Å². The number of hydrogen-bond donors (Lipinski definition) is 2. The number of nitrogens with one attached hydrogen (secondary N) is 1. The maximum atomic E-state index is 14.3. The molecule has 0 spiro atoms. The van der Waals surface area contributed by atoms with Crippen LogP contribution in [-0.4, -0.2) is 42.3 Å². The summed E-state index contributed by atoms with van der Waals surface area (Å²) in [5.41, 5.74) is 3.55. The summed E-state index contributed by atoms with van der Waals surface area (Å²) in [6.07, 6.45) is 4.07. The maximum absolute atomic E-state index is 14.3. The monoisotopic (exact) mass is 336 g/mol. The van der Waals surface area contributed by atoms with Crippen molar-refractivity contribution in [2.75, 3.05) is 26.3 Å². The molecule has 24 heavy (non-hydrogen) atoms. The van der Waals surface area contributed by atoms with Crippen molar-refractivity contribution < 1.29 is 19.1 Å². The number of benzene rings is 1. The van der Waals surface area contributed by atoms with Crippen LogP contribution < -0.4 is 5.48 Å². The Morgan fingerprint density at radius 3 is 3.04 bits per heavy atom. The van der Waals surface area contributed by atoms with Crippen molar-refractivity contribution in [2.45, 2.75) is 39.2 Å². The van der Waals surface area contributed by atoms with E-state index in [0.29, 0.717) is 17.5 Å². The molecule has 0 aliphatic carbocycles. The lowest BCUT2D eigenvalue weighted by Gasteiger charge is -2.30. The second kappa shape index (κ2) is 7.17. The van der Waals surface area contributed by atoms with Crippen LogP contribution in [0.3, 0.4) is 0 Å². The van der Waals surface area contributed by atoms with Crippen LogP contribution in [0.1, 0.15) is 47.7 Å². The van der Waals surface area contributed by atoms with Crippen molar-refractivity contribution >= 4 is 5.91 Å². The van der Waals surface area contributed by atoms with Crippen molar-refractivity contribution in [2.24, 2.45) is 5.41 Å². The van der Waals surface area contributed by atoms with Gasteiger partial charge >= 0.3 is 0 Å². The number of ether oxygens (including phenoxy) is 1. The van der Waals surface area contributed by atoms with Gasteiger partial charge in [-0.3, -0.25) is 14.9 Å². The Balaban J connectivity index is 1.59. The predicted molar refractivity (Wildman–Crippen MR) is 87.4 cm³/mol. The molecule has 2 heterocycles. The zero-order chi connectivity index (χ0) is 17.2. The first-order valence-corrected chi connectivity index (χ1v) is 8.57. The van der Waals surface area contributed by atoms with E-state index in [1.807, 2.05) is 0 Å². The molecule has 1 unspecified atom stereocenters. The van der Waals surface area contributed by atoms with Gasteiger partial charge < -0.3 is 4.74 Å². The molecule has 1 fully saturated rings. The number of amides is 1. The third-order valence-electron chi connectivity index (χ3n) is 5.29. The van der Waals surface area contributed by atoms with Gasteiger partial charge in [-0.1, -0.05) is 6.92 Å². The highest BCUT2D eigenvalue weighted by atomic mass is 19.1. The molecule has 0 aromatic heterocycles. The van der Waals surface area contributed by atoms with Crippen molar-refractivity contribution in [3.05, 3.63) is 34.6 Å². The summed E-state index contributed by atoms with van der Waals surface area (Å²) < 4.78 is 19.8. The average molecular weight is 336 g/mol. The van der Waals surface area contributed by atoms with E-state index in [4.69, 9.17) is 9.94 Å². The van der Waals surface area contributed by atoms with Crippen LogP contribution in [0, 0.1) is 11.2 Å². The van der Waals surface area contributed by atoms with Crippen LogP contribution in [0.2, 0.25) is 0 Å². The van der Waals surface area contributed by atoms with E-state index in [0.717, 1.165) is 57.6 Å². The standard InChI is InChI=1S/C18H25FN2O3/c1-18(5-8-24-12-18)4-2-6-21-7-3-13-9-14(17(22)20-23)10-16(19)15(13)11-21/h9-10,23H,2-8,11-12H2,1H3,(H,20,22). The quantitative estimate of drug-likeness (QED) is 0.641. The van der Waals surface area contributed by atoms with Gasteiger partial charge in [-0.2, -0.15) is 0 Å². The number of carbonyl (C=O) groups is 1. The lowest BCUT2D eigenvalue weighted by molar-refractivity contribution is 0.0705. The highest BCUT2D eigenvalue weighted by molar-refractivity contribution is 5.93. The fraction of sp³-hybridized carbons (Fsp3) is 0.611. The van der Waals surface area contributed by atoms with E-state index in [2.05, 4.69) is 11.8 Å². The molecule has 1 aromatic rings. The Morgan fingerprint density at radius 1 is 1.50 bits per heavy atom. The van der Waals surface area contributed by atoms with Crippen LogP contribution >= 0.6 is 0 Å². The van der Waals surface area contributed by atoms with E-state index in [1.54, 1.807) is 11.5 Å². The van der Waals surface area contributed by atoms with Crippen LogP contribution in [-0.2, 0) is 17.7 Å². The summed E-state index contributed by atoms with van der Waals surface area (Å²) in [4.78, 5) is 13.7. The zero-order valence-corrected chi connectivity index (χ0v) is 14.1. The number of hydroxylamine groups is 1. The van der Waals surface area contributed by atoms with Gasteiger partial charge in [0, 0.05) is 30.8 Å². The molecule has 2 aliphatic rings.